The van der Waals surface area contributed by atoms with E-state index < -0.39 is 5.60 Å². The Hall–Kier alpha value is -0.860. The third-order valence-corrected chi connectivity index (χ3v) is 6.84. The van der Waals surface area contributed by atoms with Gasteiger partial charge >= 0.3 is 0 Å². The Morgan fingerprint density at radius 2 is 1.86 bits per heavy atom. The second-order valence-corrected chi connectivity index (χ2v) is 8.76. The maximum Gasteiger partial charge on any atom is 0.293 e. The highest BCUT2D eigenvalue weighted by Crippen LogP contribution is 2.63. The van der Waals surface area contributed by atoms with Gasteiger partial charge in [-0.05, 0) is 62.7 Å². The maximum absolute atomic E-state index is 11.5. The zero-order valence-corrected chi connectivity index (χ0v) is 14.9. The maximum atomic E-state index is 11.5. The first-order chi connectivity index (χ1) is 10.2. The van der Waals surface area contributed by atoms with Crippen LogP contribution in [0.2, 0.25) is 0 Å². The highest BCUT2D eigenvalue weighted by molar-refractivity contribution is 5.75. The molecule has 2 aliphatic carbocycles. The molecule has 4 unspecified atom stereocenters. The molecule has 0 amide bonds. The minimum absolute atomic E-state index is 0.160. The third-order valence-electron chi connectivity index (χ3n) is 6.84. The summed E-state index contributed by atoms with van der Waals surface area (Å²) < 4.78 is 5.61. The van der Waals surface area contributed by atoms with Gasteiger partial charge in [0.25, 0.3) is 6.47 Å². The monoisotopic (exact) mass is 308 g/mol. The van der Waals surface area contributed by atoms with Crippen molar-refractivity contribution in [2.75, 3.05) is 0 Å². The van der Waals surface area contributed by atoms with Gasteiger partial charge in [-0.1, -0.05) is 27.2 Å². The molecule has 0 aromatic heterocycles. The average Bonchev–Trinajstić information content (AvgIpc) is 2.36. The van der Waals surface area contributed by atoms with E-state index in [2.05, 4.69) is 27.7 Å². The van der Waals surface area contributed by atoms with Crippen molar-refractivity contribution in [2.45, 2.75) is 85.2 Å². The van der Waals surface area contributed by atoms with E-state index in [1.807, 2.05) is 0 Å². The molecule has 126 valence electrons. The Labute approximate surface area is 135 Å². The van der Waals surface area contributed by atoms with Gasteiger partial charge in [-0.25, -0.2) is 0 Å². The zero-order chi connectivity index (χ0) is 16.6. The first-order valence-corrected chi connectivity index (χ1v) is 8.77. The van der Waals surface area contributed by atoms with E-state index in [0.29, 0.717) is 24.2 Å². The van der Waals surface area contributed by atoms with E-state index in [9.17, 15) is 9.59 Å². The fourth-order valence-electron chi connectivity index (χ4n) is 5.84. The van der Waals surface area contributed by atoms with Crippen LogP contribution in [0.5, 0.6) is 0 Å². The smallest absolute Gasteiger partial charge is 0.293 e. The van der Waals surface area contributed by atoms with Crippen molar-refractivity contribution in [3.63, 3.8) is 0 Å². The number of ketones is 1. The molecule has 0 radical (unpaired) electrons. The molecule has 0 spiro atoms. The quantitative estimate of drug-likeness (QED) is 0.701. The van der Waals surface area contributed by atoms with Crippen LogP contribution in [0.15, 0.2) is 0 Å². The summed E-state index contributed by atoms with van der Waals surface area (Å²) in [5.74, 6) is 1.15. The standard InChI is InChI=1S/C19H32O3/c1-14(21)7-8-16-18(4)11-6-10-17(2,3)15(18)9-12-19(16,5)22-13-20/h13,15-16H,6-12H2,1-5H3. The summed E-state index contributed by atoms with van der Waals surface area (Å²) >= 11 is 0. The molecular formula is C19H32O3. The van der Waals surface area contributed by atoms with Gasteiger partial charge in [0.05, 0.1) is 0 Å². The predicted molar refractivity (Wildman–Crippen MR) is 87.4 cm³/mol. The van der Waals surface area contributed by atoms with E-state index in [1.165, 1.54) is 19.3 Å². The molecule has 22 heavy (non-hydrogen) atoms. The Balaban J connectivity index is 2.36. The van der Waals surface area contributed by atoms with Crippen LogP contribution in [0.1, 0.15) is 79.6 Å². The first-order valence-electron chi connectivity index (χ1n) is 8.77. The van der Waals surface area contributed by atoms with Crippen molar-refractivity contribution in [1.29, 1.82) is 0 Å². The Kier molecular flexibility index (Phi) is 4.75. The van der Waals surface area contributed by atoms with Crippen molar-refractivity contribution >= 4 is 12.3 Å². The molecule has 0 saturated heterocycles. The topological polar surface area (TPSA) is 43.4 Å². The van der Waals surface area contributed by atoms with Crippen LogP contribution in [0.4, 0.5) is 0 Å². The van der Waals surface area contributed by atoms with Crippen molar-refractivity contribution in [2.24, 2.45) is 22.7 Å². The third kappa shape index (κ3) is 2.96. The first kappa shape index (κ1) is 17.5. The summed E-state index contributed by atoms with van der Waals surface area (Å²) in [5, 5.41) is 0. The van der Waals surface area contributed by atoms with Crippen LogP contribution in [0.3, 0.4) is 0 Å². The minimum Gasteiger partial charge on any atom is -0.461 e. The van der Waals surface area contributed by atoms with Crippen molar-refractivity contribution in [3.05, 3.63) is 0 Å². The molecule has 0 bridgehead atoms. The number of carbonyl (C=O) groups is 2. The lowest BCUT2D eigenvalue weighted by Crippen LogP contribution is -2.58. The molecule has 3 heteroatoms. The highest BCUT2D eigenvalue weighted by atomic mass is 16.5. The number of hydrogen-bond acceptors (Lipinski definition) is 3. The molecule has 0 heterocycles. The van der Waals surface area contributed by atoms with Crippen LogP contribution in [-0.4, -0.2) is 17.9 Å². The van der Waals surface area contributed by atoms with Gasteiger partial charge in [0.2, 0.25) is 0 Å². The summed E-state index contributed by atoms with van der Waals surface area (Å²) in [6, 6.07) is 0. The molecule has 3 nitrogen and oxygen atoms in total. The predicted octanol–water partition coefficient (Wildman–Crippen LogP) is 4.53. The molecule has 0 N–H and O–H groups in total. The lowest BCUT2D eigenvalue weighted by atomic mass is 9.45. The second kappa shape index (κ2) is 5.98. The van der Waals surface area contributed by atoms with E-state index in [1.54, 1.807) is 6.92 Å². The largest absolute Gasteiger partial charge is 0.461 e. The fraction of sp³-hybridized carbons (Fsp3) is 0.895. The molecule has 0 aromatic carbocycles. The van der Waals surface area contributed by atoms with E-state index in [4.69, 9.17) is 4.74 Å². The average molecular weight is 308 g/mol. The van der Waals surface area contributed by atoms with Gasteiger partial charge in [-0.2, -0.15) is 0 Å². The molecule has 0 aromatic rings. The number of ether oxygens (including phenoxy) is 1. The van der Waals surface area contributed by atoms with E-state index in [0.717, 1.165) is 19.3 Å². The van der Waals surface area contributed by atoms with Gasteiger partial charge < -0.3 is 9.53 Å². The van der Waals surface area contributed by atoms with Crippen LogP contribution in [-0.2, 0) is 14.3 Å². The lowest BCUT2D eigenvalue weighted by Gasteiger charge is -2.61. The fourth-order valence-corrected chi connectivity index (χ4v) is 5.84. The van der Waals surface area contributed by atoms with Crippen LogP contribution in [0, 0.1) is 22.7 Å². The normalized spacial score (nSPS) is 40.6. The minimum atomic E-state index is -0.421. The number of hydrogen-bond donors (Lipinski definition) is 0. The SMILES string of the molecule is CC(=O)CCC1C(C)(OC=O)CCC2C(C)(C)CCCC21C. The van der Waals surface area contributed by atoms with Crippen LogP contribution >= 0.6 is 0 Å². The summed E-state index contributed by atoms with van der Waals surface area (Å²) in [6.07, 6.45) is 7.14. The number of Topliss-reactive ketones (excluding diaryl/α,β-unsaturated/α-hetero) is 1. The van der Waals surface area contributed by atoms with Crippen molar-refractivity contribution in [1.82, 2.24) is 0 Å². The van der Waals surface area contributed by atoms with Crippen molar-refractivity contribution < 1.29 is 14.3 Å². The molecular weight excluding hydrogens is 276 g/mol. The summed E-state index contributed by atoms with van der Waals surface area (Å²) in [4.78, 5) is 22.6. The Morgan fingerprint density at radius 3 is 2.45 bits per heavy atom. The summed E-state index contributed by atoms with van der Waals surface area (Å²) in [6.45, 7) is 11.5. The second-order valence-electron chi connectivity index (χ2n) is 8.76. The summed E-state index contributed by atoms with van der Waals surface area (Å²) in [7, 11) is 0. The van der Waals surface area contributed by atoms with Gasteiger partial charge in [-0.15, -0.1) is 0 Å². The van der Waals surface area contributed by atoms with Crippen LogP contribution < -0.4 is 0 Å². The molecule has 0 aliphatic heterocycles. The summed E-state index contributed by atoms with van der Waals surface area (Å²) in [5.41, 5.74) is 0.0765. The lowest BCUT2D eigenvalue weighted by molar-refractivity contribution is -0.190. The van der Waals surface area contributed by atoms with E-state index in [-0.39, 0.29) is 17.1 Å². The van der Waals surface area contributed by atoms with Gasteiger partial charge in [0.1, 0.15) is 11.4 Å². The van der Waals surface area contributed by atoms with Gasteiger partial charge in [-0.3, -0.25) is 4.79 Å². The molecule has 2 fully saturated rings. The number of carbonyl (C=O) groups excluding carboxylic acids is 2. The highest BCUT2D eigenvalue weighted by Gasteiger charge is 2.58. The number of fused-ring (bicyclic) bond motifs is 1. The van der Waals surface area contributed by atoms with Crippen molar-refractivity contribution in [3.8, 4) is 0 Å². The molecule has 2 aliphatic rings. The van der Waals surface area contributed by atoms with Gasteiger partial charge in [0.15, 0.2) is 0 Å². The molecule has 4 atom stereocenters. The Bertz CT molecular complexity index is 442. The van der Waals surface area contributed by atoms with Crippen LogP contribution in [0.25, 0.3) is 0 Å². The number of rotatable bonds is 5. The Morgan fingerprint density at radius 1 is 1.18 bits per heavy atom. The van der Waals surface area contributed by atoms with E-state index >= 15 is 0 Å². The molecule has 2 saturated carbocycles. The van der Waals surface area contributed by atoms with Gasteiger partial charge in [0, 0.05) is 12.3 Å². The molecule has 2 rings (SSSR count). The zero-order valence-electron chi connectivity index (χ0n) is 14.9.